The van der Waals surface area contributed by atoms with Crippen LogP contribution in [0.3, 0.4) is 0 Å². The fraction of sp³-hybridized carbons (Fsp3) is 0.450. The smallest absolute Gasteiger partial charge is 0.264 e. The first-order valence-corrected chi connectivity index (χ1v) is 20.7. The summed E-state index contributed by atoms with van der Waals surface area (Å²) in [5.74, 6) is 0.229. The van der Waals surface area contributed by atoms with Crippen molar-refractivity contribution in [2.75, 3.05) is 27.2 Å². The number of piperazine rings is 1. The third-order valence-electron chi connectivity index (χ3n) is 12.3. The fourth-order valence-corrected chi connectivity index (χ4v) is 11.6. The fourth-order valence-electron chi connectivity index (χ4n) is 9.98. The summed E-state index contributed by atoms with van der Waals surface area (Å²) in [6.45, 7) is 2.28. The van der Waals surface area contributed by atoms with Crippen LogP contribution in [0.5, 0.6) is 5.75 Å². The minimum Gasteiger partial charge on any atom is -0.497 e. The average molecular weight is 762 g/mol. The largest absolute Gasteiger partial charge is 0.497 e. The number of amides is 2. The number of sulfonamides is 1. The van der Waals surface area contributed by atoms with Gasteiger partial charge in [-0.1, -0.05) is 48.5 Å². The van der Waals surface area contributed by atoms with Gasteiger partial charge in [0.25, 0.3) is 5.91 Å². The minimum absolute atomic E-state index is 0.0509. The lowest BCUT2D eigenvalue weighted by Gasteiger charge is -2.56. The molecule has 52 heavy (non-hydrogen) atoms. The number of piperidine rings is 1. The van der Waals surface area contributed by atoms with Gasteiger partial charge in [0.1, 0.15) is 5.75 Å². The maximum atomic E-state index is 14.9. The average Bonchev–Trinajstić information content (AvgIpc) is 3.77. The summed E-state index contributed by atoms with van der Waals surface area (Å²) in [4.78, 5) is 33.1. The minimum atomic E-state index is -4.08. The number of hydrogen-bond acceptors (Lipinski definition) is 6. The number of rotatable bonds is 7. The number of hydrogen-bond donors (Lipinski definition) is 1. The SMILES string of the molecule is COc1ccc2c(c1)C1CC1(C(=O)N1C3CC1CN(C)C3)Cn1c-2c(C2CCCCC2)c2ccc(C(=O)NS(=O)(=O)Cc3cc(Cl)cc(Cl)c3)cc21. The molecule has 4 aromatic rings. The summed E-state index contributed by atoms with van der Waals surface area (Å²) in [5, 5.41) is 1.69. The van der Waals surface area contributed by atoms with Crippen molar-refractivity contribution in [1.29, 1.82) is 0 Å². The molecule has 3 aromatic carbocycles. The Morgan fingerprint density at radius 3 is 2.40 bits per heavy atom. The monoisotopic (exact) mass is 760 g/mol. The number of nitrogens with zero attached hydrogens (tertiary/aromatic N) is 3. The highest BCUT2D eigenvalue weighted by Crippen LogP contribution is 2.67. The van der Waals surface area contributed by atoms with Gasteiger partial charge in [-0.05, 0) is 104 Å². The van der Waals surface area contributed by atoms with Crippen LogP contribution in [-0.4, -0.2) is 73.9 Å². The number of likely N-dealkylation sites (tertiary alicyclic amines) is 2. The van der Waals surface area contributed by atoms with Crippen molar-refractivity contribution in [1.82, 2.24) is 19.1 Å². The number of methoxy groups -OCH3 is 1. The van der Waals surface area contributed by atoms with Crippen molar-refractivity contribution in [3.05, 3.63) is 86.9 Å². The Hall–Kier alpha value is -3.57. The van der Waals surface area contributed by atoms with E-state index in [2.05, 4.69) is 38.3 Å². The van der Waals surface area contributed by atoms with Gasteiger partial charge in [-0.25, -0.2) is 13.1 Å². The van der Waals surface area contributed by atoms with Gasteiger partial charge in [0.2, 0.25) is 15.9 Å². The predicted molar refractivity (Wildman–Crippen MR) is 203 cm³/mol. The molecule has 2 bridgehead atoms. The van der Waals surface area contributed by atoms with Crippen molar-refractivity contribution >= 4 is 55.9 Å². The Morgan fingerprint density at radius 2 is 1.69 bits per heavy atom. The summed E-state index contributed by atoms with van der Waals surface area (Å²) < 4.78 is 36.8. The molecule has 4 fully saturated rings. The Labute approximate surface area is 314 Å². The zero-order chi connectivity index (χ0) is 36.1. The van der Waals surface area contributed by atoms with E-state index < -0.39 is 27.1 Å². The maximum absolute atomic E-state index is 14.9. The Morgan fingerprint density at radius 1 is 0.962 bits per heavy atom. The van der Waals surface area contributed by atoms with E-state index in [1.165, 1.54) is 30.2 Å². The van der Waals surface area contributed by atoms with Crippen LogP contribution in [0, 0.1) is 5.41 Å². The van der Waals surface area contributed by atoms with Gasteiger partial charge >= 0.3 is 0 Å². The van der Waals surface area contributed by atoms with Gasteiger partial charge < -0.3 is 19.1 Å². The molecule has 4 unspecified atom stereocenters. The molecular formula is C40H42Cl2N4O5S. The number of ether oxygens (including phenoxy) is 1. The second-order valence-corrected chi connectivity index (χ2v) is 18.3. The molecule has 5 aliphatic rings. The van der Waals surface area contributed by atoms with Crippen LogP contribution < -0.4 is 9.46 Å². The summed E-state index contributed by atoms with van der Waals surface area (Å²) in [7, 11) is -0.268. The molecule has 4 heterocycles. The lowest BCUT2D eigenvalue weighted by Crippen LogP contribution is -2.70. The summed E-state index contributed by atoms with van der Waals surface area (Å²) in [6.07, 6.45) is 7.47. The quantitative estimate of drug-likeness (QED) is 0.212. The van der Waals surface area contributed by atoms with E-state index in [9.17, 15) is 18.0 Å². The lowest BCUT2D eigenvalue weighted by molar-refractivity contribution is -0.159. The number of fused-ring (bicyclic) bond motifs is 9. The summed E-state index contributed by atoms with van der Waals surface area (Å²) in [5.41, 5.74) is 5.51. The molecular weight excluding hydrogens is 719 g/mol. The van der Waals surface area contributed by atoms with Crippen molar-refractivity contribution in [2.45, 2.75) is 81.2 Å². The molecule has 0 radical (unpaired) electrons. The number of benzene rings is 3. The maximum Gasteiger partial charge on any atom is 0.264 e. The van der Waals surface area contributed by atoms with Gasteiger partial charge in [-0.2, -0.15) is 0 Å². The van der Waals surface area contributed by atoms with E-state index in [-0.39, 0.29) is 29.5 Å². The Balaban J connectivity index is 1.16. The third-order valence-corrected chi connectivity index (χ3v) is 14.0. The predicted octanol–water partition coefficient (Wildman–Crippen LogP) is 7.33. The van der Waals surface area contributed by atoms with Crippen LogP contribution >= 0.6 is 23.2 Å². The standard InChI is InChI=1S/C40H42Cl2N4O5S/c1-44-19-28-16-29(20-44)46(28)39(48)40-18-34(40)33-17-30(51-2)9-11-31(33)37-36(24-6-4-3-5-7-24)32-10-8-25(14-35(32)45(37)22-40)38(47)43-52(49,50)21-23-12-26(41)15-27(42)13-23/h8-15,17,24,28-29,34H,3-7,16,18-22H2,1-2H3,(H,43,47). The van der Waals surface area contributed by atoms with Gasteiger partial charge in [-0.15, -0.1) is 0 Å². The van der Waals surface area contributed by atoms with E-state index in [0.717, 1.165) is 85.1 Å². The highest BCUT2D eigenvalue weighted by atomic mass is 35.5. The number of carbonyl (C=O) groups is 2. The van der Waals surface area contributed by atoms with Crippen LogP contribution in [-0.2, 0) is 27.1 Å². The second-order valence-electron chi connectivity index (χ2n) is 15.7. The van der Waals surface area contributed by atoms with Crippen LogP contribution in [0.25, 0.3) is 22.2 Å². The molecule has 1 N–H and O–H groups in total. The molecule has 1 aromatic heterocycles. The molecule has 272 valence electrons. The highest BCUT2D eigenvalue weighted by Gasteiger charge is 2.66. The number of nitrogens with one attached hydrogen (secondary N) is 1. The van der Waals surface area contributed by atoms with Crippen molar-refractivity contribution < 1.29 is 22.7 Å². The van der Waals surface area contributed by atoms with E-state index in [1.54, 1.807) is 13.2 Å². The van der Waals surface area contributed by atoms with Gasteiger partial charge in [0, 0.05) is 69.7 Å². The van der Waals surface area contributed by atoms with Crippen molar-refractivity contribution in [3.8, 4) is 17.0 Å². The van der Waals surface area contributed by atoms with E-state index in [0.29, 0.717) is 28.1 Å². The molecule has 0 spiro atoms. The summed E-state index contributed by atoms with van der Waals surface area (Å²) in [6, 6.07) is 16.9. The third kappa shape index (κ3) is 5.63. The molecule has 2 aliphatic carbocycles. The number of halogens is 2. The Bertz CT molecular complexity index is 2230. The second kappa shape index (κ2) is 12.5. The molecule has 2 saturated heterocycles. The van der Waals surface area contributed by atoms with Crippen LogP contribution in [0.1, 0.15) is 83.8 Å². The van der Waals surface area contributed by atoms with Crippen LogP contribution in [0.4, 0.5) is 0 Å². The molecule has 4 atom stereocenters. The highest BCUT2D eigenvalue weighted by molar-refractivity contribution is 7.89. The molecule has 2 amide bonds. The Kier molecular flexibility index (Phi) is 8.23. The number of carbonyl (C=O) groups excluding carboxylic acids is 2. The first-order chi connectivity index (χ1) is 24.9. The van der Waals surface area contributed by atoms with E-state index >= 15 is 0 Å². The van der Waals surface area contributed by atoms with Crippen LogP contribution in [0.2, 0.25) is 10.0 Å². The normalized spacial score (nSPS) is 25.4. The first kappa shape index (κ1) is 34.2. The topological polar surface area (TPSA) is 101 Å². The molecule has 9 nitrogen and oxygen atoms in total. The van der Waals surface area contributed by atoms with Crippen molar-refractivity contribution in [2.24, 2.45) is 5.41 Å². The number of likely N-dealkylation sites (N-methyl/N-ethyl adjacent to an activating group) is 1. The first-order valence-electron chi connectivity index (χ1n) is 18.3. The molecule has 2 saturated carbocycles. The van der Waals surface area contributed by atoms with Gasteiger partial charge in [0.15, 0.2) is 0 Å². The van der Waals surface area contributed by atoms with Gasteiger partial charge in [0.05, 0.1) is 24.0 Å². The zero-order valence-electron chi connectivity index (χ0n) is 29.3. The van der Waals surface area contributed by atoms with Crippen molar-refractivity contribution in [3.63, 3.8) is 0 Å². The molecule has 9 rings (SSSR count). The van der Waals surface area contributed by atoms with E-state index in [4.69, 9.17) is 27.9 Å². The van der Waals surface area contributed by atoms with E-state index in [1.807, 2.05) is 18.2 Å². The van der Waals surface area contributed by atoms with Crippen LogP contribution in [0.15, 0.2) is 54.6 Å². The lowest BCUT2D eigenvalue weighted by atomic mass is 9.81. The summed E-state index contributed by atoms with van der Waals surface area (Å²) >= 11 is 12.2. The number of aromatic nitrogens is 1. The molecule has 3 aliphatic heterocycles. The zero-order valence-corrected chi connectivity index (χ0v) is 31.7. The van der Waals surface area contributed by atoms with Gasteiger partial charge in [-0.3, -0.25) is 9.59 Å². The molecule has 12 heteroatoms.